The first-order valence-electron chi connectivity index (χ1n) is 7.64. The van der Waals surface area contributed by atoms with Crippen LogP contribution in [0.25, 0.3) is 0 Å². The number of aromatic nitrogens is 1. The van der Waals surface area contributed by atoms with Crippen LogP contribution in [0.2, 0.25) is 10.0 Å². The monoisotopic (exact) mass is 414 g/mol. The molecule has 3 rings (SSSR count). The number of amides is 1. The molecule has 0 bridgehead atoms. The molecule has 1 aromatic rings. The Kier molecular flexibility index (Phi) is 8.36. The van der Waals surface area contributed by atoms with E-state index in [1.807, 2.05) is 0 Å². The maximum atomic E-state index is 12.2. The van der Waals surface area contributed by atoms with Gasteiger partial charge in [-0.15, -0.1) is 24.8 Å². The number of carbonyl (C=O) groups excluding carboxylic acids is 1. The topological polar surface area (TPSA) is 66.0 Å². The van der Waals surface area contributed by atoms with Crippen LogP contribution in [0.5, 0.6) is 0 Å². The molecule has 1 saturated carbocycles. The van der Waals surface area contributed by atoms with Crippen LogP contribution in [-0.4, -0.2) is 37.1 Å². The molecule has 24 heavy (non-hydrogen) atoms. The predicted octanol–water partition coefficient (Wildman–Crippen LogP) is 3.15. The van der Waals surface area contributed by atoms with Crippen LogP contribution in [-0.2, 0) is 4.79 Å². The standard InChI is InChI=1S/C15H20Cl2N4O.2ClH/c16-10-7-12(17)13(21-9-10)19-5-6-20-14(22)11-8-15(11)1-3-18-4-2-15;;/h7,9,11,18H,1-6,8H2,(H,19,21)(H,20,22);2*1H. The van der Waals surface area contributed by atoms with Crippen LogP contribution in [0, 0.1) is 11.3 Å². The molecule has 1 amide bonds. The number of hydrogen-bond acceptors (Lipinski definition) is 4. The number of nitrogens with one attached hydrogen (secondary N) is 3. The highest BCUT2D eigenvalue weighted by atomic mass is 35.5. The molecule has 5 nitrogen and oxygen atoms in total. The first-order chi connectivity index (χ1) is 10.6. The van der Waals surface area contributed by atoms with Crippen molar-refractivity contribution >= 4 is 59.7 Å². The molecule has 1 atom stereocenters. The van der Waals surface area contributed by atoms with Gasteiger partial charge in [-0.3, -0.25) is 4.79 Å². The number of nitrogens with zero attached hydrogens (tertiary/aromatic N) is 1. The normalized spacial score (nSPS) is 20.5. The van der Waals surface area contributed by atoms with E-state index in [2.05, 4.69) is 20.9 Å². The first-order valence-corrected chi connectivity index (χ1v) is 8.40. The number of halogens is 4. The molecule has 0 aromatic carbocycles. The molecule has 0 radical (unpaired) electrons. The maximum absolute atomic E-state index is 12.2. The molecule has 1 saturated heterocycles. The van der Waals surface area contributed by atoms with Crippen LogP contribution >= 0.6 is 48.0 Å². The minimum atomic E-state index is 0. The van der Waals surface area contributed by atoms with E-state index < -0.39 is 0 Å². The fourth-order valence-corrected chi connectivity index (χ4v) is 3.68. The summed E-state index contributed by atoms with van der Waals surface area (Å²) in [5, 5.41) is 10.4. The van der Waals surface area contributed by atoms with Gasteiger partial charge >= 0.3 is 0 Å². The van der Waals surface area contributed by atoms with Gasteiger partial charge in [0.2, 0.25) is 5.91 Å². The fourth-order valence-electron chi connectivity index (χ4n) is 3.23. The van der Waals surface area contributed by atoms with E-state index in [4.69, 9.17) is 23.2 Å². The summed E-state index contributed by atoms with van der Waals surface area (Å²) in [5.74, 6) is 0.965. The van der Waals surface area contributed by atoms with E-state index in [9.17, 15) is 4.79 Å². The SMILES string of the molecule is Cl.Cl.O=C(NCCNc1ncc(Cl)cc1Cl)C1CC12CCNCC2. The molecule has 136 valence electrons. The predicted molar refractivity (Wildman–Crippen MR) is 103 cm³/mol. The van der Waals surface area contributed by atoms with Gasteiger partial charge in [-0.25, -0.2) is 4.98 Å². The van der Waals surface area contributed by atoms with Crippen molar-refractivity contribution in [1.82, 2.24) is 15.6 Å². The van der Waals surface area contributed by atoms with Crippen molar-refractivity contribution in [3.63, 3.8) is 0 Å². The summed E-state index contributed by atoms with van der Waals surface area (Å²) in [6.45, 7) is 3.21. The third-order valence-corrected chi connectivity index (χ3v) is 5.12. The van der Waals surface area contributed by atoms with Crippen molar-refractivity contribution < 1.29 is 4.79 Å². The molecule has 3 N–H and O–H groups in total. The Labute approximate surface area is 164 Å². The zero-order valence-corrected chi connectivity index (χ0v) is 16.3. The smallest absolute Gasteiger partial charge is 0.223 e. The van der Waals surface area contributed by atoms with E-state index in [1.165, 1.54) is 0 Å². The Morgan fingerprint density at radius 3 is 2.67 bits per heavy atom. The van der Waals surface area contributed by atoms with Gasteiger partial charge in [-0.1, -0.05) is 23.2 Å². The third kappa shape index (κ3) is 5.02. The Hall–Kier alpha value is -0.460. The third-order valence-electron chi connectivity index (χ3n) is 4.63. The number of hydrogen-bond donors (Lipinski definition) is 3. The summed E-state index contributed by atoms with van der Waals surface area (Å²) in [7, 11) is 0. The van der Waals surface area contributed by atoms with Crippen LogP contribution in [0.3, 0.4) is 0 Å². The van der Waals surface area contributed by atoms with Crippen molar-refractivity contribution in [2.75, 3.05) is 31.5 Å². The lowest BCUT2D eigenvalue weighted by Crippen LogP contribution is -2.35. The molecule has 9 heteroatoms. The molecular formula is C15H22Cl4N4O. The maximum Gasteiger partial charge on any atom is 0.223 e. The van der Waals surface area contributed by atoms with E-state index in [0.29, 0.717) is 29.0 Å². The minimum Gasteiger partial charge on any atom is -0.367 e. The zero-order chi connectivity index (χ0) is 15.6. The Morgan fingerprint density at radius 2 is 2.00 bits per heavy atom. The summed E-state index contributed by atoms with van der Waals surface area (Å²) >= 11 is 11.8. The van der Waals surface area contributed by atoms with Crippen LogP contribution < -0.4 is 16.0 Å². The van der Waals surface area contributed by atoms with Crippen LogP contribution in [0.4, 0.5) is 5.82 Å². The number of carbonyl (C=O) groups is 1. The Morgan fingerprint density at radius 1 is 1.29 bits per heavy atom. The van der Waals surface area contributed by atoms with Crippen molar-refractivity contribution in [1.29, 1.82) is 0 Å². The Balaban J connectivity index is 0.00000144. The van der Waals surface area contributed by atoms with Gasteiger partial charge in [0.05, 0.1) is 10.0 Å². The molecule has 1 aromatic heterocycles. The minimum absolute atomic E-state index is 0. The number of rotatable bonds is 5. The molecule has 1 aliphatic carbocycles. The molecule has 2 fully saturated rings. The molecule has 1 spiro atoms. The van der Waals surface area contributed by atoms with Crippen molar-refractivity contribution in [3.05, 3.63) is 22.3 Å². The lowest BCUT2D eigenvalue weighted by molar-refractivity contribution is -0.123. The average Bonchev–Trinajstić information content (AvgIpc) is 3.19. The molecule has 2 heterocycles. The van der Waals surface area contributed by atoms with Gasteiger partial charge in [-0.2, -0.15) is 0 Å². The summed E-state index contributed by atoms with van der Waals surface area (Å²) in [5.41, 5.74) is 0.282. The zero-order valence-electron chi connectivity index (χ0n) is 13.1. The van der Waals surface area contributed by atoms with Gasteiger partial charge in [0.15, 0.2) is 0 Å². The lowest BCUT2D eigenvalue weighted by atomic mass is 9.92. The van der Waals surface area contributed by atoms with E-state index in [1.54, 1.807) is 12.3 Å². The lowest BCUT2D eigenvalue weighted by Gasteiger charge is -2.23. The van der Waals surface area contributed by atoms with Crippen molar-refractivity contribution in [2.45, 2.75) is 19.3 Å². The molecule has 1 unspecified atom stereocenters. The van der Waals surface area contributed by atoms with Crippen LogP contribution in [0.15, 0.2) is 12.3 Å². The van der Waals surface area contributed by atoms with Crippen LogP contribution in [0.1, 0.15) is 19.3 Å². The molecule has 1 aliphatic heterocycles. The van der Waals surface area contributed by atoms with Gasteiger partial charge in [0, 0.05) is 25.2 Å². The highest BCUT2D eigenvalue weighted by Crippen LogP contribution is 2.58. The first kappa shape index (κ1) is 21.6. The highest BCUT2D eigenvalue weighted by Gasteiger charge is 2.57. The number of pyridine rings is 1. The molecule has 2 aliphatic rings. The summed E-state index contributed by atoms with van der Waals surface area (Å²) in [6.07, 6.45) is 4.82. The van der Waals surface area contributed by atoms with Crippen molar-refractivity contribution in [2.24, 2.45) is 11.3 Å². The largest absolute Gasteiger partial charge is 0.367 e. The highest BCUT2D eigenvalue weighted by molar-refractivity contribution is 6.35. The number of anilines is 1. The summed E-state index contributed by atoms with van der Waals surface area (Å²) in [6, 6.07) is 1.64. The summed E-state index contributed by atoms with van der Waals surface area (Å²) < 4.78 is 0. The van der Waals surface area contributed by atoms with E-state index >= 15 is 0 Å². The van der Waals surface area contributed by atoms with E-state index in [-0.39, 0.29) is 42.1 Å². The fraction of sp³-hybridized carbons (Fsp3) is 0.600. The Bertz CT molecular complexity index is 566. The molecular weight excluding hydrogens is 394 g/mol. The second-order valence-electron chi connectivity index (χ2n) is 6.07. The van der Waals surface area contributed by atoms with Gasteiger partial charge < -0.3 is 16.0 Å². The second kappa shape index (κ2) is 9.30. The second-order valence-corrected chi connectivity index (χ2v) is 6.91. The quantitative estimate of drug-likeness (QED) is 0.646. The summed E-state index contributed by atoms with van der Waals surface area (Å²) in [4.78, 5) is 16.3. The van der Waals surface area contributed by atoms with Crippen molar-refractivity contribution in [3.8, 4) is 0 Å². The van der Waals surface area contributed by atoms with Gasteiger partial charge in [0.1, 0.15) is 5.82 Å². The van der Waals surface area contributed by atoms with E-state index in [0.717, 1.165) is 32.4 Å². The van der Waals surface area contributed by atoms with Gasteiger partial charge in [0.25, 0.3) is 0 Å². The average molecular weight is 416 g/mol. The van der Waals surface area contributed by atoms with Gasteiger partial charge in [-0.05, 0) is 43.8 Å². The number of piperidine rings is 1.